The summed E-state index contributed by atoms with van der Waals surface area (Å²) in [7, 11) is 0. The Morgan fingerprint density at radius 1 is 1.00 bits per heavy atom. The molecule has 0 fully saturated rings. The number of halogens is 1. The molecule has 2 aromatic rings. The molecule has 0 unspecified atom stereocenters. The van der Waals surface area contributed by atoms with Gasteiger partial charge >= 0.3 is 0 Å². The summed E-state index contributed by atoms with van der Waals surface area (Å²) in [6, 6.07) is 11.2. The van der Waals surface area contributed by atoms with E-state index >= 15 is 0 Å². The Bertz CT molecular complexity index is 446. The molecule has 0 nitrogen and oxygen atoms in total. The van der Waals surface area contributed by atoms with Crippen LogP contribution >= 0.6 is 0 Å². The summed E-state index contributed by atoms with van der Waals surface area (Å²) in [4.78, 5) is 0. The molecule has 0 N–H and O–H groups in total. The van der Waals surface area contributed by atoms with Gasteiger partial charge in [-0.25, -0.2) is 4.39 Å². The van der Waals surface area contributed by atoms with E-state index in [4.69, 9.17) is 0 Å². The molecule has 0 aromatic heterocycles. The standard InChI is InChI=1S/C13H13F/c1-2-3-10-4-5-11-6-7-13(14)9-12(11)8-10/h4-9H,2-3H2,1H3. The maximum absolute atomic E-state index is 13.0. The Kier molecular flexibility index (Phi) is 2.49. The van der Waals surface area contributed by atoms with Crippen molar-refractivity contribution in [3.05, 3.63) is 47.8 Å². The zero-order valence-electron chi connectivity index (χ0n) is 8.26. The van der Waals surface area contributed by atoms with Crippen LogP contribution in [-0.4, -0.2) is 0 Å². The van der Waals surface area contributed by atoms with Crippen molar-refractivity contribution >= 4 is 10.8 Å². The number of rotatable bonds is 2. The van der Waals surface area contributed by atoms with E-state index in [2.05, 4.69) is 25.1 Å². The van der Waals surface area contributed by atoms with Gasteiger partial charge in [0.1, 0.15) is 5.82 Å². The van der Waals surface area contributed by atoms with Crippen molar-refractivity contribution in [2.45, 2.75) is 19.8 Å². The summed E-state index contributed by atoms with van der Waals surface area (Å²) in [6.45, 7) is 2.15. The summed E-state index contributed by atoms with van der Waals surface area (Å²) in [5.74, 6) is -0.161. The Balaban J connectivity index is 2.52. The molecule has 2 aromatic carbocycles. The van der Waals surface area contributed by atoms with E-state index in [9.17, 15) is 4.39 Å². The molecule has 1 heteroatoms. The van der Waals surface area contributed by atoms with Crippen LogP contribution in [0.3, 0.4) is 0 Å². The van der Waals surface area contributed by atoms with Gasteiger partial charge in [0.05, 0.1) is 0 Å². The first-order chi connectivity index (χ1) is 6.79. The molecule has 0 atom stereocenters. The van der Waals surface area contributed by atoms with Crippen molar-refractivity contribution < 1.29 is 4.39 Å². The minimum Gasteiger partial charge on any atom is -0.207 e. The average Bonchev–Trinajstić information content (AvgIpc) is 2.17. The lowest BCUT2D eigenvalue weighted by molar-refractivity contribution is 0.629. The largest absolute Gasteiger partial charge is 0.207 e. The first-order valence-electron chi connectivity index (χ1n) is 4.98. The summed E-state index contributed by atoms with van der Waals surface area (Å²) >= 11 is 0. The average molecular weight is 188 g/mol. The van der Waals surface area contributed by atoms with Crippen molar-refractivity contribution in [2.24, 2.45) is 0 Å². The zero-order valence-corrected chi connectivity index (χ0v) is 8.26. The fourth-order valence-corrected chi connectivity index (χ4v) is 1.71. The van der Waals surface area contributed by atoms with E-state index in [1.165, 1.54) is 11.6 Å². The molecular weight excluding hydrogens is 175 g/mol. The van der Waals surface area contributed by atoms with E-state index in [1.54, 1.807) is 6.07 Å². The first-order valence-corrected chi connectivity index (χ1v) is 4.98. The third-order valence-electron chi connectivity index (χ3n) is 2.41. The quantitative estimate of drug-likeness (QED) is 0.669. The third-order valence-corrected chi connectivity index (χ3v) is 2.41. The van der Waals surface area contributed by atoms with Crippen molar-refractivity contribution in [1.82, 2.24) is 0 Å². The van der Waals surface area contributed by atoms with Gasteiger partial charge in [-0.3, -0.25) is 0 Å². The lowest BCUT2D eigenvalue weighted by Gasteiger charge is -2.02. The molecule has 0 aliphatic rings. The number of hydrogen-bond acceptors (Lipinski definition) is 0. The SMILES string of the molecule is CCCc1ccc2ccc(F)cc2c1. The van der Waals surface area contributed by atoms with Crippen LogP contribution in [0.25, 0.3) is 10.8 Å². The van der Waals surface area contributed by atoms with Gasteiger partial charge in [0.15, 0.2) is 0 Å². The minimum atomic E-state index is -0.161. The highest BCUT2D eigenvalue weighted by atomic mass is 19.1. The monoisotopic (exact) mass is 188 g/mol. The lowest BCUT2D eigenvalue weighted by Crippen LogP contribution is -1.83. The van der Waals surface area contributed by atoms with E-state index in [1.807, 2.05) is 6.07 Å². The summed E-state index contributed by atoms with van der Waals surface area (Å²) in [6.07, 6.45) is 2.19. The molecule has 0 bridgehead atoms. The van der Waals surface area contributed by atoms with Gasteiger partial charge in [0, 0.05) is 0 Å². The van der Waals surface area contributed by atoms with E-state index in [0.717, 1.165) is 23.6 Å². The van der Waals surface area contributed by atoms with Gasteiger partial charge in [-0.2, -0.15) is 0 Å². The molecule has 0 heterocycles. The van der Waals surface area contributed by atoms with Gasteiger partial charge in [0.2, 0.25) is 0 Å². The lowest BCUT2D eigenvalue weighted by atomic mass is 10.0. The Morgan fingerprint density at radius 2 is 1.79 bits per heavy atom. The topological polar surface area (TPSA) is 0 Å². The molecule has 0 aliphatic carbocycles. The molecule has 0 saturated heterocycles. The molecule has 72 valence electrons. The van der Waals surface area contributed by atoms with Gasteiger partial charge in [-0.15, -0.1) is 0 Å². The van der Waals surface area contributed by atoms with Crippen LogP contribution in [0.5, 0.6) is 0 Å². The van der Waals surface area contributed by atoms with Crippen LogP contribution in [0.4, 0.5) is 4.39 Å². The second-order valence-electron chi connectivity index (χ2n) is 3.58. The molecule has 0 aliphatic heterocycles. The van der Waals surface area contributed by atoms with Gasteiger partial charge in [0.25, 0.3) is 0 Å². The molecule has 2 rings (SSSR count). The van der Waals surface area contributed by atoms with Gasteiger partial charge < -0.3 is 0 Å². The van der Waals surface area contributed by atoms with Gasteiger partial charge in [-0.05, 0) is 34.9 Å². The van der Waals surface area contributed by atoms with Crippen molar-refractivity contribution in [1.29, 1.82) is 0 Å². The highest BCUT2D eigenvalue weighted by Gasteiger charge is 1.97. The number of aryl methyl sites for hydroxylation is 1. The van der Waals surface area contributed by atoms with Crippen LogP contribution in [0.2, 0.25) is 0 Å². The smallest absolute Gasteiger partial charge is 0.123 e. The maximum Gasteiger partial charge on any atom is 0.123 e. The van der Waals surface area contributed by atoms with Crippen LogP contribution in [0.1, 0.15) is 18.9 Å². The molecule has 0 radical (unpaired) electrons. The molecule has 0 amide bonds. The predicted octanol–water partition coefficient (Wildman–Crippen LogP) is 3.93. The second kappa shape index (κ2) is 3.79. The highest BCUT2D eigenvalue weighted by molar-refractivity contribution is 5.83. The number of hydrogen-bond donors (Lipinski definition) is 0. The number of fused-ring (bicyclic) bond motifs is 1. The fourth-order valence-electron chi connectivity index (χ4n) is 1.71. The third kappa shape index (κ3) is 1.77. The van der Waals surface area contributed by atoms with E-state index in [-0.39, 0.29) is 5.82 Å². The Morgan fingerprint density at radius 3 is 2.57 bits per heavy atom. The molecular formula is C13H13F. The van der Waals surface area contributed by atoms with Crippen molar-refractivity contribution in [2.75, 3.05) is 0 Å². The zero-order chi connectivity index (χ0) is 9.97. The van der Waals surface area contributed by atoms with Crippen molar-refractivity contribution in [3.63, 3.8) is 0 Å². The van der Waals surface area contributed by atoms with Crippen LogP contribution < -0.4 is 0 Å². The summed E-state index contributed by atoms with van der Waals surface area (Å²) in [5.41, 5.74) is 1.28. The van der Waals surface area contributed by atoms with E-state index in [0.29, 0.717) is 0 Å². The van der Waals surface area contributed by atoms with Gasteiger partial charge in [-0.1, -0.05) is 37.6 Å². The molecule has 0 saturated carbocycles. The number of benzene rings is 2. The van der Waals surface area contributed by atoms with Crippen LogP contribution in [0.15, 0.2) is 36.4 Å². The normalized spacial score (nSPS) is 10.7. The summed E-state index contributed by atoms with van der Waals surface area (Å²) in [5, 5.41) is 2.10. The predicted molar refractivity (Wildman–Crippen MR) is 57.9 cm³/mol. The van der Waals surface area contributed by atoms with E-state index < -0.39 is 0 Å². The second-order valence-corrected chi connectivity index (χ2v) is 3.58. The molecule has 14 heavy (non-hydrogen) atoms. The Labute approximate surface area is 83.4 Å². The van der Waals surface area contributed by atoms with Crippen LogP contribution in [-0.2, 0) is 6.42 Å². The fraction of sp³-hybridized carbons (Fsp3) is 0.231. The van der Waals surface area contributed by atoms with Crippen LogP contribution in [0, 0.1) is 5.82 Å². The highest BCUT2D eigenvalue weighted by Crippen LogP contribution is 2.18. The van der Waals surface area contributed by atoms with Crippen molar-refractivity contribution in [3.8, 4) is 0 Å². The molecule has 0 spiro atoms. The first kappa shape index (κ1) is 9.20. The minimum absolute atomic E-state index is 0.161. The maximum atomic E-state index is 13.0. The Hall–Kier alpha value is -1.37. The summed E-state index contributed by atoms with van der Waals surface area (Å²) < 4.78 is 13.0.